The minimum atomic E-state index is -0.354. The standard InChI is InChI=1S/C24H27FN4O4/c1-15(2)14-32-24(31)29-10-4-9-28(11-12-29)23(30)19-13-20(17-5-7-18(25)8-6-17)26-22-21(19)16(3)27-33-22/h5-8,13,15H,4,9-12,14H2,1-3H3. The van der Waals surface area contributed by atoms with Crippen molar-refractivity contribution in [1.82, 2.24) is 19.9 Å². The molecule has 0 bridgehead atoms. The first-order valence-electron chi connectivity index (χ1n) is 11.1. The smallest absolute Gasteiger partial charge is 0.409 e. The van der Waals surface area contributed by atoms with E-state index in [0.717, 1.165) is 0 Å². The SMILES string of the molecule is Cc1noc2nc(-c3ccc(F)cc3)cc(C(=O)N3CCCN(C(=O)OCC(C)C)CC3)c12. The summed E-state index contributed by atoms with van der Waals surface area (Å²) in [4.78, 5) is 33.8. The average molecular weight is 455 g/mol. The fourth-order valence-electron chi connectivity index (χ4n) is 3.83. The fraction of sp³-hybridized carbons (Fsp3) is 0.417. The van der Waals surface area contributed by atoms with Crippen LogP contribution < -0.4 is 0 Å². The van der Waals surface area contributed by atoms with E-state index in [2.05, 4.69) is 10.1 Å². The number of pyridine rings is 1. The van der Waals surface area contributed by atoms with Crippen LogP contribution in [0.2, 0.25) is 0 Å². The van der Waals surface area contributed by atoms with Crippen LogP contribution in [0.4, 0.5) is 9.18 Å². The topological polar surface area (TPSA) is 88.8 Å². The Morgan fingerprint density at radius 3 is 2.55 bits per heavy atom. The molecule has 2 aromatic heterocycles. The largest absolute Gasteiger partial charge is 0.449 e. The van der Waals surface area contributed by atoms with Crippen molar-refractivity contribution in [3.63, 3.8) is 0 Å². The lowest BCUT2D eigenvalue weighted by molar-refractivity contribution is 0.0748. The van der Waals surface area contributed by atoms with Crippen molar-refractivity contribution in [3.8, 4) is 11.3 Å². The second-order valence-corrected chi connectivity index (χ2v) is 8.61. The van der Waals surface area contributed by atoms with E-state index in [0.29, 0.717) is 67.1 Å². The number of nitrogens with zero attached hydrogens (tertiary/aromatic N) is 4. The molecule has 0 N–H and O–H groups in total. The highest BCUT2D eigenvalue weighted by Crippen LogP contribution is 2.28. The number of carbonyl (C=O) groups excluding carboxylic acids is 2. The highest BCUT2D eigenvalue weighted by molar-refractivity contribution is 6.07. The van der Waals surface area contributed by atoms with Gasteiger partial charge in [-0.2, -0.15) is 0 Å². The predicted molar refractivity (Wildman–Crippen MR) is 120 cm³/mol. The van der Waals surface area contributed by atoms with Crippen molar-refractivity contribution in [2.45, 2.75) is 27.2 Å². The van der Waals surface area contributed by atoms with Crippen LogP contribution in [0.5, 0.6) is 0 Å². The molecule has 3 aromatic rings. The number of rotatable bonds is 4. The van der Waals surface area contributed by atoms with Crippen molar-refractivity contribution in [2.24, 2.45) is 5.92 Å². The maximum atomic E-state index is 13.6. The Labute approximate surface area is 191 Å². The zero-order valence-electron chi connectivity index (χ0n) is 19.0. The summed E-state index contributed by atoms with van der Waals surface area (Å²) >= 11 is 0. The number of hydrogen-bond donors (Lipinski definition) is 0. The molecule has 9 heteroatoms. The van der Waals surface area contributed by atoms with E-state index >= 15 is 0 Å². The molecule has 2 amide bonds. The fourth-order valence-corrected chi connectivity index (χ4v) is 3.83. The van der Waals surface area contributed by atoms with E-state index in [9.17, 15) is 14.0 Å². The summed E-state index contributed by atoms with van der Waals surface area (Å²) in [6.07, 6.45) is 0.294. The second-order valence-electron chi connectivity index (χ2n) is 8.61. The lowest BCUT2D eigenvalue weighted by Crippen LogP contribution is -2.38. The molecular formula is C24H27FN4O4. The Hall–Kier alpha value is -3.49. The van der Waals surface area contributed by atoms with Crippen LogP contribution in [0.15, 0.2) is 34.9 Å². The summed E-state index contributed by atoms with van der Waals surface area (Å²) in [6.45, 7) is 7.91. The van der Waals surface area contributed by atoms with Gasteiger partial charge in [0.25, 0.3) is 11.6 Å². The van der Waals surface area contributed by atoms with Gasteiger partial charge < -0.3 is 19.1 Å². The molecule has 0 aliphatic carbocycles. The maximum Gasteiger partial charge on any atom is 0.409 e. The van der Waals surface area contributed by atoms with Gasteiger partial charge in [-0.25, -0.2) is 14.2 Å². The molecule has 33 heavy (non-hydrogen) atoms. The van der Waals surface area contributed by atoms with E-state index in [1.807, 2.05) is 13.8 Å². The molecule has 1 aliphatic heterocycles. The van der Waals surface area contributed by atoms with Crippen LogP contribution in [-0.2, 0) is 4.74 Å². The van der Waals surface area contributed by atoms with Gasteiger partial charge in [0.1, 0.15) is 5.82 Å². The molecule has 3 heterocycles. The first-order chi connectivity index (χ1) is 15.8. The van der Waals surface area contributed by atoms with Gasteiger partial charge >= 0.3 is 6.09 Å². The van der Waals surface area contributed by atoms with E-state index in [4.69, 9.17) is 9.26 Å². The first-order valence-corrected chi connectivity index (χ1v) is 11.1. The molecule has 1 fully saturated rings. The Balaban J connectivity index is 1.59. The van der Waals surface area contributed by atoms with Gasteiger partial charge in [0.05, 0.1) is 28.9 Å². The highest BCUT2D eigenvalue weighted by atomic mass is 19.1. The van der Waals surface area contributed by atoms with Gasteiger partial charge in [0.15, 0.2) is 0 Å². The van der Waals surface area contributed by atoms with Crippen LogP contribution in [0.3, 0.4) is 0 Å². The number of aromatic nitrogens is 2. The van der Waals surface area contributed by atoms with Crippen LogP contribution in [-0.4, -0.2) is 64.7 Å². The molecule has 0 spiro atoms. The number of fused-ring (bicyclic) bond motifs is 1. The van der Waals surface area contributed by atoms with Gasteiger partial charge in [-0.15, -0.1) is 0 Å². The molecule has 4 rings (SSSR count). The summed E-state index contributed by atoms with van der Waals surface area (Å²) in [5, 5.41) is 4.54. The number of amides is 2. The van der Waals surface area contributed by atoms with Crippen LogP contribution >= 0.6 is 0 Å². The predicted octanol–water partition coefficient (Wildman–Crippen LogP) is 4.28. The number of carbonyl (C=O) groups is 2. The Kier molecular flexibility index (Phi) is 6.57. The summed E-state index contributed by atoms with van der Waals surface area (Å²) in [5.74, 6) is -0.280. The van der Waals surface area contributed by atoms with E-state index < -0.39 is 0 Å². The van der Waals surface area contributed by atoms with Crippen molar-refractivity contribution < 1.29 is 23.2 Å². The molecule has 1 aromatic carbocycles. The van der Waals surface area contributed by atoms with Gasteiger partial charge in [-0.3, -0.25) is 4.79 Å². The third-order valence-electron chi connectivity index (χ3n) is 5.57. The summed E-state index contributed by atoms with van der Waals surface area (Å²) in [5.41, 5.74) is 2.41. The normalized spacial score (nSPS) is 14.6. The number of benzene rings is 1. The minimum Gasteiger partial charge on any atom is -0.449 e. The van der Waals surface area contributed by atoms with Crippen molar-refractivity contribution in [2.75, 3.05) is 32.8 Å². The number of aryl methyl sites for hydroxylation is 1. The van der Waals surface area contributed by atoms with Crippen molar-refractivity contribution in [1.29, 1.82) is 0 Å². The highest BCUT2D eigenvalue weighted by Gasteiger charge is 2.27. The third-order valence-corrected chi connectivity index (χ3v) is 5.57. The number of halogens is 1. The van der Waals surface area contributed by atoms with E-state index in [-0.39, 0.29) is 29.4 Å². The second kappa shape index (κ2) is 9.56. The molecule has 174 valence electrons. The number of hydrogen-bond acceptors (Lipinski definition) is 6. The van der Waals surface area contributed by atoms with Gasteiger partial charge in [0.2, 0.25) is 0 Å². The zero-order valence-corrected chi connectivity index (χ0v) is 19.0. The minimum absolute atomic E-state index is 0.186. The van der Waals surface area contributed by atoms with E-state index in [1.165, 1.54) is 12.1 Å². The van der Waals surface area contributed by atoms with Gasteiger partial charge in [-0.05, 0) is 49.6 Å². The Morgan fingerprint density at radius 1 is 1.12 bits per heavy atom. The van der Waals surface area contributed by atoms with Gasteiger partial charge in [0, 0.05) is 31.7 Å². The molecular weight excluding hydrogens is 427 g/mol. The van der Waals surface area contributed by atoms with Crippen molar-refractivity contribution >= 4 is 23.1 Å². The molecule has 1 aliphatic rings. The molecule has 0 atom stereocenters. The van der Waals surface area contributed by atoms with Gasteiger partial charge in [-0.1, -0.05) is 19.0 Å². The monoisotopic (exact) mass is 454 g/mol. The molecule has 0 radical (unpaired) electrons. The molecule has 0 unspecified atom stereocenters. The van der Waals surface area contributed by atoms with E-state index in [1.54, 1.807) is 34.9 Å². The average Bonchev–Trinajstić information content (AvgIpc) is 3.01. The zero-order chi connectivity index (χ0) is 23.5. The maximum absolute atomic E-state index is 13.6. The first kappa shape index (κ1) is 22.7. The Bertz CT molecular complexity index is 1160. The van der Waals surface area contributed by atoms with Crippen LogP contribution in [0.25, 0.3) is 22.4 Å². The van der Waals surface area contributed by atoms with Crippen LogP contribution in [0, 0.1) is 18.7 Å². The quantitative estimate of drug-likeness (QED) is 0.585. The summed E-state index contributed by atoms with van der Waals surface area (Å²) < 4.78 is 24.1. The summed E-state index contributed by atoms with van der Waals surface area (Å²) in [6, 6.07) is 7.59. The molecule has 8 nitrogen and oxygen atoms in total. The summed E-state index contributed by atoms with van der Waals surface area (Å²) in [7, 11) is 0. The lowest BCUT2D eigenvalue weighted by Gasteiger charge is -2.22. The number of ether oxygens (including phenoxy) is 1. The lowest BCUT2D eigenvalue weighted by atomic mass is 10.0. The van der Waals surface area contributed by atoms with Crippen LogP contribution in [0.1, 0.15) is 36.3 Å². The molecule has 0 saturated carbocycles. The third kappa shape index (κ3) is 4.97. The van der Waals surface area contributed by atoms with Crippen molar-refractivity contribution in [3.05, 3.63) is 47.4 Å². The Morgan fingerprint density at radius 2 is 1.82 bits per heavy atom. The molecule has 1 saturated heterocycles.